The number of fused-ring (bicyclic) bond motifs is 1. The Hall–Kier alpha value is -3.50. The molecule has 11 heteroatoms. The molecule has 4 aliphatic heterocycles. The monoisotopic (exact) mass is 623 g/mol. The highest BCUT2D eigenvalue weighted by Gasteiger charge is 2.38. The van der Waals surface area contributed by atoms with Crippen LogP contribution in [0.15, 0.2) is 42.5 Å². The van der Waals surface area contributed by atoms with E-state index in [4.69, 9.17) is 16.3 Å². The Morgan fingerprint density at radius 2 is 1.70 bits per heavy atom. The molecule has 2 atom stereocenters. The number of hydrogen-bond acceptors (Lipinski definition) is 6. The van der Waals surface area contributed by atoms with E-state index in [-0.39, 0.29) is 35.2 Å². The van der Waals surface area contributed by atoms with Crippen molar-refractivity contribution in [1.82, 2.24) is 20.0 Å². The van der Waals surface area contributed by atoms with Gasteiger partial charge in [-0.25, -0.2) is 9.59 Å². The number of urea groups is 1. The molecule has 4 aliphatic rings. The first-order valence-electron chi connectivity index (χ1n) is 15.9. The number of carbonyl (C=O) groups excluding carboxylic acids is 3. The number of hydrogen-bond donors (Lipinski definition) is 3. The summed E-state index contributed by atoms with van der Waals surface area (Å²) in [6.07, 6.45) is 3.91. The summed E-state index contributed by atoms with van der Waals surface area (Å²) >= 11 is 6.16. The zero-order chi connectivity index (χ0) is 30.6. The van der Waals surface area contributed by atoms with Gasteiger partial charge in [0, 0.05) is 50.9 Å². The zero-order valence-electron chi connectivity index (χ0n) is 25.1. The molecule has 4 heterocycles. The molecule has 3 N–H and O–H groups in total. The summed E-state index contributed by atoms with van der Waals surface area (Å²) in [7, 11) is 0. The summed E-state index contributed by atoms with van der Waals surface area (Å²) in [5.41, 5.74) is 2.68. The Kier molecular flexibility index (Phi) is 9.47. The average Bonchev–Trinajstić information content (AvgIpc) is 3.47. The van der Waals surface area contributed by atoms with Gasteiger partial charge in [0.1, 0.15) is 5.75 Å². The van der Waals surface area contributed by atoms with Crippen LogP contribution in [0, 0.1) is 11.8 Å². The number of phenols is 1. The number of para-hydroxylation sites is 1. The van der Waals surface area contributed by atoms with Gasteiger partial charge >= 0.3 is 12.1 Å². The largest absolute Gasteiger partial charge is 0.506 e. The first-order chi connectivity index (χ1) is 21.4. The third kappa shape index (κ3) is 6.91. The number of ether oxygens (including phenoxy) is 1. The van der Waals surface area contributed by atoms with E-state index < -0.39 is 12.2 Å². The number of carbonyl (C=O) groups is 3. The fourth-order valence-electron chi connectivity index (χ4n) is 7.26. The number of halogens is 1. The van der Waals surface area contributed by atoms with Gasteiger partial charge in [0.2, 0.25) is 0 Å². The molecule has 6 rings (SSSR count). The summed E-state index contributed by atoms with van der Waals surface area (Å²) in [6.45, 7) is 4.87. The molecule has 44 heavy (non-hydrogen) atoms. The Morgan fingerprint density at radius 1 is 0.955 bits per heavy atom. The number of anilines is 1. The summed E-state index contributed by atoms with van der Waals surface area (Å²) in [5, 5.41) is 16.5. The lowest BCUT2D eigenvalue weighted by molar-refractivity contribution is -0.140. The van der Waals surface area contributed by atoms with E-state index in [1.807, 2.05) is 34.1 Å². The summed E-state index contributed by atoms with van der Waals surface area (Å²) in [4.78, 5) is 45.7. The van der Waals surface area contributed by atoms with Gasteiger partial charge in [0.25, 0.3) is 5.91 Å². The Labute approximate surface area is 263 Å². The molecule has 0 spiro atoms. The number of amides is 4. The number of nitrogens with one attached hydrogen (secondary N) is 2. The molecule has 2 aromatic carbocycles. The van der Waals surface area contributed by atoms with Crippen molar-refractivity contribution < 1.29 is 24.2 Å². The lowest BCUT2D eigenvalue weighted by Gasteiger charge is -2.38. The SMILES string of the molecule is O=C(O[C@H](Cc1ccc(O)c(Cl)c1)C(=O)N1CCC(C2CCNCC2)C1)N1CCC(N2CCc3ccccc3NC2=O)CC1. The molecular formula is C33H42ClN5O5. The van der Waals surface area contributed by atoms with E-state index in [2.05, 4.69) is 10.6 Å². The van der Waals surface area contributed by atoms with Crippen LogP contribution in [-0.4, -0.2) is 95.8 Å². The van der Waals surface area contributed by atoms with Crippen LogP contribution in [0.3, 0.4) is 0 Å². The lowest BCUT2D eigenvalue weighted by atomic mass is 9.84. The second-order valence-corrected chi connectivity index (χ2v) is 12.9. The van der Waals surface area contributed by atoms with Crippen LogP contribution in [0.4, 0.5) is 15.3 Å². The van der Waals surface area contributed by atoms with E-state index in [1.54, 1.807) is 17.0 Å². The Bertz CT molecular complexity index is 1360. The predicted octanol–water partition coefficient (Wildman–Crippen LogP) is 4.50. The number of aromatic hydroxyl groups is 1. The van der Waals surface area contributed by atoms with Gasteiger partial charge in [-0.2, -0.15) is 0 Å². The normalized spacial score (nSPS) is 22.2. The van der Waals surface area contributed by atoms with Crippen molar-refractivity contribution in [2.75, 3.05) is 51.1 Å². The molecule has 236 valence electrons. The molecule has 0 aromatic heterocycles. The molecule has 3 fully saturated rings. The van der Waals surface area contributed by atoms with Crippen molar-refractivity contribution in [3.63, 3.8) is 0 Å². The second kappa shape index (κ2) is 13.6. The summed E-state index contributed by atoms with van der Waals surface area (Å²) < 4.78 is 5.97. The standard InChI is InChI=1S/C33H42ClN5O5/c34-27-19-22(5-6-29(27)40)20-30(31(41)38-15-9-25(21-38)23-7-13-35-14-8-23)44-33(43)37-16-11-26(12-17-37)39-18-10-24-3-1-2-4-28(24)36-32(39)42/h1-6,19,23,25-26,30,35,40H,7-18,20-21H2,(H,36,42)/t25?,30-/m1/s1. The van der Waals surface area contributed by atoms with Crippen LogP contribution in [0.25, 0.3) is 0 Å². The van der Waals surface area contributed by atoms with Gasteiger partial charge in [-0.05, 0) is 92.8 Å². The molecule has 1 unspecified atom stereocenters. The zero-order valence-corrected chi connectivity index (χ0v) is 25.8. The fraction of sp³-hybridized carbons (Fsp3) is 0.545. The predicted molar refractivity (Wildman–Crippen MR) is 168 cm³/mol. The van der Waals surface area contributed by atoms with Crippen molar-refractivity contribution in [3.8, 4) is 5.75 Å². The van der Waals surface area contributed by atoms with E-state index in [9.17, 15) is 19.5 Å². The number of phenolic OH excluding ortho intramolecular Hbond substituents is 1. The molecule has 4 amide bonds. The first-order valence-corrected chi connectivity index (χ1v) is 16.3. The maximum atomic E-state index is 13.9. The molecule has 0 saturated carbocycles. The second-order valence-electron chi connectivity index (χ2n) is 12.5. The van der Waals surface area contributed by atoms with Gasteiger partial charge in [-0.15, -0.1) is 0 Å². The smallest absolute Gasteiger partial charge is 0.410 e. The molecule has 3 saturated heterocycles. The van der Waals surface area contributed by atoms with Crippen LogP contribution in [0.1, 0.15) is 43.2 Å². The van der Waals surface area contributed by atoms with E-state index >= 15 is 0 Å². The van der Waals surface area contributed by atoms with E-state index in [0.717, 1.165) is 50.0 Å². The van der Waals surface area contributed by atoms with Crippen LogP contribution in [0.5, 0.6) is 5.75 Å². The van der Waals surface area contributed by atoms with Crippen LogP contribution in [-0.2, 0) is 22.4 Å². The molecule has 2 aromatic rings. The third-order valence-corrected chi connectivity index (χ3v) is 10.1. The number of piperidine rings is 2. The molecule has 0 radical (unpaired) electrons. The van der Waals surface area contributed by atoms with E-state index in [0.29, 0.717) is 63.0 Å². The minimum Gasteiger partial charge on any atom is -0.506 e. The first kappa shape index (κ1) is 30.5. The number of benzene rings is 2. The van der Waals surface area contributed by atoms with Crippen molar-refractivity contribution >= 4 is 35.3 Å². The maximum Gasteiger partial charge on any atom is 0.410 e. The van der Waals surface area contributed by atoms with E-state index in [1.165, 1.54) is 6.07 Å². The van der Waals surface area contributed by atoms with Crippen LogP contribution < -0.4 is 10.6 Å². The Balaban J connectivity index is 1.08. The van der Waals surface area contributed by atoms with Gasteiger partial charge in [-0.3, -0.25) is 4.79 Å². The quantitative estimate of drug-likeness (QED) is 0.437. The maximum absolute atomic E-state index is 13.9. The topological polar surface area (TPSA) is 114 Å². The fourth-order valence-corrected chi connectivity index (χ4v) is 7.46. The molecule has 0 aliphatic carbocycles. The molecule has 10 nitrogen and oxygen atoms in total. The minimum absolute atomic E-state index is 0.0152. The van der Waals surface area contributed by atoms with Crippen molar-refractivity contribution in [2.24, 2.45) is 11.8 Å². The number of nitrogens with zero attached hydrogens (tertiary/aromatic N) is 3. The molecule has 0 bridgehead atoms. The van der Waals surface area contributed by atoms with Crippen molar-refractivity contribution in [2.45, 2.75) is 57.1 Å². The number of rotatable bonds is 6. The third-order valence-electron chi connectivity index (χ3n) is 9.84. The highest BCUT2D eigenvalue weighted by Crippen LogP contribution is 2.32. The highest BCUT2D eigenvalue weighted by atomic mass is 35.5. The lowest BCUT2D eigenvalue weighted by Crippen LogP contribution is -2.51. The van der Waals surface area contributed by atoms with Crippen LogP contribution in [0.2, 0.25) is 5.02 Å². The van der Waals surface area contributed by atoms with Gasteiger partial charge in [0.15, 0.2) is 6.10 Å². The minimum atomic E-state index is -0.998. The van der Waals surface area contributed by atoms with Crippen molar-refractivity contribution in [1.29, 1.82) is 0 Å². The van der Waals surface area contributed by atoms with Crippen molar-refractivity contribution in [3.05, 3.63) is 58.6 Å². The van der Waals surface area contributed by atoms with Crippen LogP contribution >= 0.6 is 11.6 Å². The highest BCUT2D eigenvalue weighted by molar-refractivity contribution is 6.32. The molecular weight excluding hydrogens is 582 g/mol. The summed E-state index contributed by atoms with van der Waals surface area (Å²) in [5.74, 6) is 0.843. The van der Waals surface area contributed by atoms with Gasteiger partial charge < -0.3 is 35.2 Å². The Morgan fingerprint density at radius 3 is 2.48 bits per heavy atom. The summed E-state index contributed by atoms with van der Waals surface area (Å²) in [6, 6.07) is 12.6. The average molecular weight is 624 g/mol. The number of likely N-dealkylation sites (tertiary alicyclic amines) is 2. The van der Waals surface area contributed by atoms with Gasteiger partial charge in [0.05, 0.1) is 5.02 Å². The van der Waals surface area contributed by atoms with Gasteiger partial charge in [-0.1, -0.05) is 35.9 Å².